The highest BCUT2D eigenvalue weighted by molar-refractivity contribution is 5.34. The van der Waals surface area contributed by atoms with Gasteiger partial charge in [0.15, 0.2) is 0 Å². The zero-order valence-corrected chi connectivity index (χ0v) is 14.3. The maximum atomic E-state index is 10.1. The second-order valence-corrected chi connectivity index (χ2v) is 6.04. The Balaban J connectivity index is 1.73. The van der Waals surface area contributed by atoms with Crippen molar-refractivity contribution in [2.45, 2.75) is 39.0 Å². The third-order valence-corrected chi connectivity index (χ3v) is 3.97. The third kappa shape index (κ3) is 5.08. The molecule has 2 aromatic rings. The highest BCUT2D eigenvalue weighted by Gasteiger charge is 2.16. The highest BCUT2D eigenvalue weighted by atomic mass is 16.5. The fraction of sp³-hybridized carbons (Fsp3) is 0.444. The van der Waals surface area contributed by atoms with E-state index in [9.17, 15) is 5.11 Å². The number of nitrogens with one attached hydrogen (secondary N) is 1. The summed E-state index contributed by atoms with van der Waals surface area (Å²) in [6.45, 7) is 6.79. The Kier molecular flexibility index (Phi) is 6.36. The van der Waals surface area contributed by atoms with Crippen molar-refractivity contribution in [1.29, 1.82) is 5.26 Å². The van der Waals surface area contributed by atoms with Crippen LogP contribution in [0, 0.1) is 18.3 Å². The lowest BCUT2D eigenvalue weighted by atomic mass is 10.1. The molecule has 3 atom stereocenters. The van der Waals surface area contributed by atoms with E-state index in [4.69, 9.17) is 10.00 Å². The van der Waals surface area contributed by atoms with Gasteiger partial charge in [-0.1, -0.05) is 0 Å². The lowest BCUT2D eigenvalue weighted by Crippen LogP contribution is -2.40. The van der Waals surface area contributed by atoms with Crippen molar-refractivity contribution >= 4 is 0 Å². The Bertz CT molecular complexity index is 675. The second-order valence-electron chi connectivity index (χ2n) is 6.04. The van der Waals surface area contributed by atoms with Gasteiger partial charge in [-0.15, -0.1) is 0 Å². The molecule has 0 aliphatic heterocycles. The van der Waals surface area contributed by atoms with Gasteiger partial charge in [0, 0.05) is 18.8 Å². The van der Waals surface area contributed by atoms with Gasteiger partial charge in [-0.3, -0.25) is 4.68 Å². The normalized spacial score (nSPS) is 14.6. The minimum atomic E-state index is -0.616. The van der Waals surface area contributed by atoms with Gasteiger partial charge in [-0.05, 0) is 50.6 Å². The molecule has 1 aromatic heterocycles. The second kappa shape index (κ2) is 8.48. The number of aliphatic hydroxyl groups excluding tert-OH is 1. The first kappa shape index (κ1) is 18.0. The minimum absolute atomic E-state index is 0.161. The predicted molar refractivity (Wildman–Crippen MR) is 91.8 cm³/mol. The van der Waals surface area contributed by atoms with Gasteiger partial charge in [0.1, 0.15) is 18.5 Å². The third-order valence-electron chi connectivity index (χ3n) is 3.97. The number of aromatic nitrogens is 2. The molecule has 6 heteroatoms. The van der Waals surface area contributed by atoms with Crippen molar-refractivity contribution < 1.29 is 9.84 Å². The number of aryl methyl sites for hydroxylation is 1. The first-order chi connectivity index (χ1) is 11.5. The molecule has 0 spiro atoms. The fourth-order valence-corrected chi connectivity index (χ4v) is 2.25. The van der Waals surface area contributed by atoms with E-state index in [0.717, 1.165) is 5.56 Å². The molecular weight excluding hydrogens is 304 g/mol. The lowest BCUT2D eigenvalue weighted by molar-refractivity contribution is 0.102. The SMILES string of the molecule is Cc1cnn([C@H](C)[C@@H](C)NC[C@@H](O)COc2ccc(C#N)cc2)c1. The summed E-state index contributed by atoms with van der Waals surface area (Å²) in [6.07, 6.45) is 3.23. The quantitative estimate of drug-likeness (QED) is 0.775. The summed E-state index contributed by atoms with van der Waals surface area (Å²) in [5.74, 6) is 0.640. The molecular formula is C18H24N4O2. The topological polar surface area (TPSA) is 83.1 Å². The molecule has 2 rings (SSSR count). The van der Waals surface area contributed by atoms with Crippen molar-refractivity contribution in [3.8, 4) is 11.8 Å². The summed E-state index contributed by atoms with van der Waals surface area (Å²) in [7, 11) is 0. The van der Waals surface area contributed by atoms with Crippen LogP contribution in [0.4, 0.5) is 0 Å². The molecule has 0 saturated carbocycles. The smallest absolute Gasteiger partial charge is 0.119 e. The summed E-state index contributed by atoms with van der Waals surface area (Å²) >= 11 is 0. The van der Waals surface area contributed by atoms with E-state index in [1.807, 2.05) is 24.0 Å². The van der Waals surface area contributed by atoms with Crippen molar-refractivity contribution in [3.63, 3.8) is 0 Å². The van der Waals surface area contributed by atoms with Crippen molar-refractivity contribution in [1.82, 2.24) is 15.1 Å². The monoisotopic (exact) mass is 328 g/mol. The predicted octanol–water partition coefficient (Wildman–Crippen LogP) is 2.04. The summed E-state index contributed by atoms with van der Waals surface area (Å²) in [5, 5.41) is 26.4. The molecule has 0 bridgehead atoms. The fourth-order valence-electron chi connectivity index (χ4n) is 2.25. The largest absolute Gasteiger partial charge is 0.491 e. The summed E-state index contributed by atoms with van der Waals surface area (Å²) in [4.78, 5) is 0. The zero-order chi connectivity index (χ0) is 17.5. The average molecular weight is 328 g/mol. The van der Waals surface area contributed by atoms with Gasteiger partial charge in [-0.25, -0.2) is 0 Å². The molecule has 24 heavy (non-hydrogen) atoms. The van der Waals surface area contributed by atoms with Gasteiger partial charge in [0.05, 0.1) is 23.9 Å². The molecule has 128 valence electrons. The van der Waals surface area contributed by atoms with Crippen LogP contribution in [0.25, 0.3) is 0 Å². The Morgan fingerprint density at radius 2 is 2.04 bits per heavy atom. The van der Waals surface area contributed by atoms with Gasteiger partial charge in [-0.2, -0.15) is 10.4 Å². The molecule has 0 aliphatic rings. The number of nitrogens with zero attached hydrogens (tertiary/aromatic N) is 3. The van der Waals surface area contributed by atoms with Crippen LogP contribution in [0.15, 0.2) is 36.7 Å². The van der Waals surface area contributed by atoms with E-state index in [0.29, 0.717) is 17.9 Å². The molecule has 0 radical (unpaired) electrons. The van der Waals surface area contributed by atoms with Gasteiger partial charge in [0.2, 0.25) is 0 Å². The Hall–Kier alpha value is -2.36. The number of hydrogen-bond donors (Lipinski definition) is 2. The van der Waals surface area contributed by atoms with Crippen LogP contribution in [0.3, 0.4) is 0 Å². The number of nitriles is 1. The first-order valence-corrected chi connectivity index (χ1v) is 8.04. The zero-order valence-electron chi connectivity index (χ0n) is 14.3. The van der Waals surface area contributed by atoms with Crippen LogP contribution in [0.5, 0.6) is 5.75 Å². The number of benzene rings is 1. The molecule has 2 N–H and O–H groups in total. The number of aliphatic hydroxyl groups is 1. The number of rotatable bonds is 8. The Morgan fingerprint density at radius 3 is 2.62 bits per heavy atom. The van der Waals surface area contributed by atoms with E-state index in [1.54, 1.807) is 24.3 Å². The number of hydrogen-bond acceptors (Lipinski definition) is 5. The van der Waals surface area contributed by atoms with Crippen LogP contribution in [-0.2, 0) is 0 Å². The van der Waals surface area contributed by atoms with Crippen LogP contribution in [0.2, 0.25) is 0 Å². The van der Waals surface area contributed by atoms with Crippen molar-refractivity contribution in [2.75, 3.05) is 13.2 Å². The van der Waals surface area contributed by atoms with Crippen LogP contribution in [0.1, 0.15) is 31.0 Å². The van der Waals surface area contributed by atoms with Crippen LogP contribution >= 0.6 is 0 Å². The Labute approximate surface area is 142 Å². The molecule has 0 aliphatic carbocycles. The highest BCUT2D eigenvalue weighted by Crippen LogP contribution is 2.12. The molecule has 0 amide bonds. The standard InChI is InChI=1S/C18H24N4O2/c1-13-9-21-22(11-13)15(3)14(2)20-10-17(23)12-24-18-6-4-16(8-19)5-7-18/h4-7,9,11,14-15,17,20,23H,10,12H2,1-3H3/t14-,15-,17-/m1/s1. The molecule has 6 nitrogen and oxygen atoms in total. The van der Waals surface area contributed by atoms with Gasteiger partial charge < -0.3 is 15.2 Å². The van der Waals surface area contributed by atoms with E-state index >= 15 is 0 Å². The molecule has 0 unspecified atom stereocenters. The first-order valence-electron chi connectivity index (χ1n) is 8.04. The maximum absolute atomic E-state index is 10.1. The molecule has 1 heterocycles. The van der Waals surface area contributed by atoms with Crippen molar-refractivity contribution in [3.05, 3.63) is 47.8 Å². The van der Waals surface area contributed by atoms with Gasteiger partial charge >= 0.3 is 0 Å². The van der Waals surface area contributed by atoms with E-state index in [-0.39, 0.29) is 18.7 Å². The summed E-state index contributed by atoms with van der Waals surface area (Å²) in [6, 6.07) is 9.23. The van der Waals surface area contributed by atoms with E-state index in [2.05, 4.69) is 30.3 Å². The Morgan fingerprint density at radius 1 is 1.33 bits per heavy atom. The van der Waals surface area contributed by atoms with E-state index in [1.165, 1.54) is 0 Å². The average Bonchev–Trinajstić information content (AvgIpc) is 3.04. The molecule has 1 aromatic carbocycles. The molecule has 0 saturated heterocycles. The molecule has 0 fully saturated rings. The summed E-state index contributed by atoms with van der Waals surface area (Å²) in [5.41, 5.74) is 1.71. The van der Waals surface area contributed by atoms with Crippen LogP contribution in [-0.4, -0.2) is 40.2 Å². The van der Waals surface area contributed by atoms with Gasteiger partial charge in [0.25, 0.3) is 0 Å². The summed E-state index contributed by atoms with van der Waals surface area (Å²) < 4.78 is 7.45. The van der Waals surface area contributed by atoms with E-state index < -0.39 is 6.10 Å². The maximum Gasteiger partial charge on any atom is 0.119 e. The van der Waals surface area contributed by atoms with Crippen molar-refractivity contribution in [2.24, 2.45) is 0 Å². The number of ether oxygens (including phenoxy) is 1. The lowest BCUT2D eigenvalue weighted by Gasteiger charge is -2.23. The minimum Gasteiger partial charge on any atom is -0.491 e. The van der Waals surface area contributed by atoms with Crippen LogP contribution < -0.4 is 10.1 Å².